The van der Waals surface area contributed by atoms with Gasteiger partial charge in [-0.25, -0.2) is 0 Å². The topological polar surface area (TPSA) is 47.3 Å². The van der Waals surface area contributed by atoms with Gasteiger partial charge in [0.05, 0.1) is 6.61 Å². The Hall–Kier alpha value is -0.710. The van der Waals surface area contributed by atoms with Crippen molar-refractivity contribution in [2.24, 2.45) is 11.7 Å². The van der Waals surface area contributed by atoms with Crippen molar-refractivity contribution < 1.29 is 4.74 Å². The lowest BCUT2D eigenvalue weighted by molar-refractivity contribution is 0.185. The second-order valence-corrected chi connectivity index (χ2v) is 5.18. The molecular formula is C11H14N2OS. The minimum Gasteiger partial charge on any atom is -0.493 e. The number of nitrogens with two attached hydrogens (primary N) is 1. The van der Waals surface area contributed by atoms with E-state index in [0.29, 0.717) is 12.0 Å². The van der Waals surface area contributed by atoms with Gasteiger partial charge in [-0.15, -0.1) is 11.8 Å². The van der Waals surface area contributed by atoms with Crippen LogP contribution in [0.25, 0.3) is 0 Å². The summed E-state index contributed by atoms with van der Waals surface area (Å²) < 4.78 is 5.73. The Kier molecular flexibility index (Phi) is 2.35. The van der Waals surface area contributed by atoms with Crippen LogP contribution in [0.4, 0.5) is 0 Å². The third-order valence-electron chi connectivity index (χ3n) is 3.01. The molecule has 3 rings (SSSR count). The van der Waals surface area contributed by atoms with Crippen LogP contribution < -0.4 is 15.8 Å². The SMILES string of the molecule is NC1NC2c3ccccc3OCC2CS1. The van der Waals surface area contributed by atoms with Crippen molar-refractivity contribution in [1.82, 2.24) is 5.32 Å². The molecule has 3 atom stereocenters. The number of hydrogen-bond acceptors (Lipinski definition) is 4. The largest absolute Gasteiger partial charge is 0.493 e. The van der Waals surface area contributed by atoms with Gasteiger partial charge in [0.1, 0.15) is 11.2 Å². The van der Waals surface area contributed by atoms with Gasteiger partial charge in [0, 0.05) is 23.3 Å². The maximum absolute atomic E-state index is 5.91. The van der Waals surface area contributed by atoms with E-state index in [1.54, 1.807) is 11.8 Å². The molecule has 1 aromatic rings. The number of ether oxygens (including phenoxy) is 1. The van der Waals surface area contributed by atoms with E-state index in [9.17, 15) is 0 Å². The summed E-state index contributed by atoms with van der Waals surface area (Å²) in [4.78, 5) is 0. The molecule has 4 heteroatoms. The zero-order valence-electron chi connectivity index (χ0n) is 8.35. The predicted octanol–water partition coefficient (Wildman–Crippen LogP) is 1.31. The molecule has 0 radical (unpaired) electrons. The smallest absolute Gasteiger partial charge is 0.124 e. The molecule has 0 aromatic heterocycles. The number of para-hydroxylation sites is 1. The highest BCUT2D eigenvalue weighted by Crippen LogP contribution is 2.39. The van der Waals surface area contributed by atoms with Crippen LogP contribution in [0.3, 0.4) is 0 Å². The van der Waals surface area contributed by atoms with Gasteiger partial charge in [0.2, 0.25) is 0 Å². The zero-order valence-corrected chi connectivity index (χ0v) is 9.17. The van der Waals surface area contributed by atoms with Crippen LogP contribution in [-0.4, -0.2) is 17.9 Å². The summed E-state index contributed by atoms with van der Waals surface area (Å²) in [6.45, 7) is 0.800. The molecule has 1 aromatic carbocycles. The third kappa shape index (κ3) is 1.62. The van der Waals surface area contributed by atoms with Crippen molar-refractivity contribution in [3.63, 3.8) is 0 Å². The van der Waals surface area contributed by atoms with Gasteiger partial charge >= 0.3 is 0 Å². The lowest BCUT2D eigenvalue weighted by Crippen LogP contribution is -2.48. The molecule has 0 bridgehead atoms. The quantitative estimate of drug-likeness (QED) is 0.695. The van der Waals surface area contributed by atoms with Crippen molar-refractivity contribution in [2.75, 3.05) is 12.4 Å². The predicted molar refractivity (Wildman–Crippen MR) is 61.7 cm³/mol. The number of fused-ring (bicyclic) bond motifs is 3. The van der Waals surface area contributed by atoms with Gasteiger partial charge in [-0.3, -0.25) is 5.32 Å². The fraction of sp³-hybridized carbons (Fsp3) is 0.455. The Morgan fingerprint density at radius 1 is 1.40 bits per heavy atom. The van der Waals surface area contributed by atoms with Gasteiger partial charge in [-0.1, -0.05) is 18.2 Å². The first-order chi connectivity index (χ1) is 7.34. The highest BCUT2D eigenvalue weighted by molar-refractivity contribution is 7.99. The Morgan fingerprint density at radius 3 is 3.20 bits per heavy atom. The van der Waals surface area contributed by atoms with Crippen LogP contribution in [-0.2, 0) is 0 Å². The molecule has 2 aliphatic heterocycles. The Morgan fingerprint density at radius 2 is 2.27 bits per heavy atom. The molecule has 0 saturated carbocycles. The Bertz CT molecular complexity index is 371. The number of rotatable bonds is 0. The van der Waals surface area contributed by atoms with E-state index in [4.69, 9.17) is 10.5 Å². The van der Waals surface area contributed by atoms with Crippen molar-refractivity contribution >= 4 is 11.8 Å². The molecule has 2 heterocycles. The summed E-state index contributed by atoms with van der Waals surface area (Å²) in [6.07, 6.45) is 0. The van der Waals surface area contributed by atoms with E-state index in [-0.39, 0.29) is 5.50 Å². The average molecular weight is 222 g/mol. The van der Waals surface area contributed by atoms with Crippen LogP contribution in [0.5, 0.6) is 5.75 Å². The van der Waals surface area contributed by atoms with Crippen LogP contribution in [0.15, 0.2) is 24.3 Å². The Balaban J connectivity index is 1.96. The molecule has 3 nitrogen and oxygen atoms in total. The first-order valence-corrected chi connectivity index (χ1v) is 6.24. The maximum atomic E-state index is 5.91. The minimum absolute atomic E-state index is 0.0532. The number of hydrogen-bond donors (Lipinski definition) is 2. The van der Waals surface area contributed by atoms with Crippen LogP contribution in [0.2, 0.25) is 0 Å². The molecule has 2 aliphatic rings. The normalized spacial score (nSPS) is 33.8. The highest BCUT2D eigenvalue weighted by Gasteiger charge is 2.35. The van der Waals surface area contributed by atoms with E-state index >= 15 is 0 Å². The fourth-order valence-electron chi connectivity index (χ4n) is 2.24. The van der Waals surface area contributed by atoms with Crippen LogP contribution in [0.1, 0.15) is 11.6 Å². The minimum atomic E-state index is 0.0532. The second-order valence-electron chi connectivity index (χ2n) is 4.01. The van der Waals surface area contributed by atoms with E-state index in [1.807, 2.05) is 12.1 Å². The fourth-order valence-corrected chi connectivity index (χ4v) is 3.22. The molecule has 1 fully saturated rings. The summed E-state index contributed by atoms with van der Waals surface area (Å²) in [5.41, 5.74) is 7.22. The van der Waals surface area contributed by atoms with E-state index in [0.717, 1.165) is 18.1 Å². The number of nitrogens with one attached hydrogen (secondary N) is 1. The van der Waals surface area contributed by atoms with E-state index in [2.05, 4.69) is 17.4 Å². The first-order valence-electron chi connectivity index (χ1n) is 5.19. The number of benzene rings is 1. The van der Waals surface area contributed by atoms with E-state index in [1.165, 1.54) is 5.56 Å². The molecule has 15 heavy (non-hydrogen) atoms. The van der Waals surface area contributed by atoms with Gasteiger partial charge in [0.25, 0.3) is 0 Å². The Labute approximate surface area is 93.4 Å². The average Bonchev–Trinajstić information content (AvgIpc) is 2.29. The molecular weight excluding hydrogens is 208 g/mol. The summed E-state index contributed by atoms with van der Waals surface area (Å²) in [5, 5.41) is 3.44. The van der Waals surface area contributed by atoms with Crippen molar-refractivity contribution in [1.29, 1.82) is 0 Å². The zero-order chi connectivity index (χ0) is 10.3. The highest BCUT2D eigenvalue weighted by atomic mass is 32.2. The van der Waals surface area contributed by atoms with Crippen molar-refractivity contribution in [3.05, 3.63) is 29.8 Å². The van der Waals surface area contributed by atoms with Crippen molar-refractivity contribution in [2.45, 2.75) is 11.5 Å². The van der Waals surface area contributed by atoms with Crippen LogP contribution in [0, 0.1) is 5.92 Å². The molecule has 3 N–H and O–H groups in total. The maximum Gasteiger partial charge on any atom is 0.124 e. The van der Waals surface area contributed by atoms with Gasteiger partial charge < -0.3 is 10.5 Å². The third-order valence-corrected chi connectivity index (χ3v) is 4.13. The molecule has 0 amide bonds. The van der Waals surface area contributed by atoms with Gasteiger partial charge in [-0.05, 0) is 6.07 Å². The van der Waals surface area contributed by atoms with Gasteiger partial charge in [-0.2, -0.15) is 0 Å². The molecule has 1 saturated heterocycles. The van der Waals surface area contributed by atoms with E-state index < -0.39 is 0 Å². The second kappa shape index (κ2) is 3.70. The molecule has 80 valence electrons. The lowest BCUT2D eigenvalue weighted by atomic mass is 9.92. The molecule has 3 unspecified atom stereocenters. The monoisotopic (exact) mass is 222 g/mol. The van der Waals surface area contributed by atoms with Crippen LogP contribution >= 0.6 is 11.8 Å². The van der Waals surface area contributed by atoms with Gasteiger partial charge in [0.15, 0.2) is 0 Å². The van der Waals surface area contributed by atoms with Crippen molar-refractivity contribution in [3.8, 4) is 5.75 Å². The first kappa shape index (κ1) is 9.51. The standard InChI is InChI=1S/C11H14N2OS/c12-11-13-10-7(6-15-11)5-14-9-4-2-1-3-8(9)10/h1-4,7,10-11,13H,5-6,12H2. The summed E-state index contributed by atoms with van der Waals surface area (Å²) in [5.74, 6) is 2.63. The summed E-state index contributed by atoms with van der Waals surface area (Å²) >= 11 is 1.77. The number of thioether (sulfide) groups is 1. The summed E-state index contributed by atoms with van der Waals surface area (Å²) in [6, 6.07) is 8.59. The summed E-state index contributed by atoms with van der Waals surface area (Å²) in [7, 11) is 0. The molecule has 0 aliphatic carbocycles. The molecule has 0 spiro atoms. The lowest BCUT2D eigenvalue weighted by Gasteiger charge is -2.39.